The lowest BCUT2D eigenvalue weighted by Crippen LogP contribution is -2.13. The molecule has 8 heteroatoms. The minimum atomic E-state index is -1.03. The number of halogens is 1. The third-order valence-corrected chi connectivity index (χ3v) is 3.47. The quantitative estimate of drug-likeness (QED) is 0.670. The fourth-order valence-electron chi connectivity index (χ4n) is 1.84. The van der Waals surface area contributed by atoms with Gasteiger partial charge in [-0.25, -0.2) is 4.79 Å². The highest BCUT2D eigenvalue weighted by molar-refractivity contribution is 9.10. The van der Waals surface area contributed by atoms with Gasteiger partial charge in [-0.15, -0.1) is 0 Å². The number of nitro groups is 1. The average Bonchev–Trinajstić information content (AvgIpc) is 2.46. The lowest BCUT2D eigenvalue weighted by Gasteiger charge is -2.20. The van der Waals surface area contributed by atoms with Crippen LogP contribution in [0.2, 0.25) is 0 Å². The molecule has 0 radical (unpaired) electrons. The molecule has 0 atom stereocenters. The molecule has 0 fully saturated rings. The number of aromatic carboxylic acids is 1. The van der Waals surface area contributed by atoms with Gasteiger partial charge in [-0.05, 0) is 40.2 Å². The van der Waals surface area contributed by atoms with E-state index in [-0.39, 0.29) is 11.3 Å². The van der Waals surface area contributed by atoms with Crippen molar-refractivity contribution in [2.45, 2.75) is 0 Å². The number of benzene rings is 1. The predicted molar refractivity (Wildman–Crippen MR) is 80.1 cm³/mol. The van der Waals surface area contributed by atoms with Gasteiger partial charge in [-0.2, -0.15) is 0 Å². The molecular weight excluding hydrogens is 342 g/mol. The van der Waals surface area contributed by atoms with Gasteiger partial charge < -0.3 is 10.0 Å². The van der Waals surface area contributed by atoms with E-state index in [0.29, 0.717) is 15.8 Å². The van der Waals surface area contributed by atoms with E-state index in [4.69, 9.17) is 5.11 Å². The zero-order valence-electron chi connectivity index (χ0n) is 10.9. The van der Waals surface area contributed by atoms with E-state index in [2.05, 4.69) is 20.9 Å². The van der Waals surface area contributed by atoms with Gasteiger partial charge in [0.1, 0.15) is 11.9 Å². The van der Waals surface area contributed by atoms with Crippen LogP contribution in [-0.4, -0.2) is 28.0 Å². The molecular formula is C13H10BrN3O4. The molecule has 0 unspecified atom stereocenters. The second-order valence-electron chi connectivity index (χ2n) is 4.16. The van der Waals surface area contributed by atoms with E-state index in [1.807, 2.05) is 0 Å². The van der Waals surface area contributed by atoms with Crippen molar-refractivity contribution < 1.29 is 14.8 Å². The summed E-state index contributed by atoms with van der Waals surface area (Å²) in [6.07, 6.45) is 2.63. The Balaban J connectivity index is 2.47. The largest absolute Gasteiger partial charge is 0.478 e. The lowest BCUT2D eigenvalue weighted by molar-refractivity contribution is -0.384. The van der Waals surface area contributed by atoms with Gasteiger partial charge in [-0.3, -0.25) is 15.1 Å². The van der Waals surface area contributed by atoms with Crippen LogP contribution >= 0.6 is 15.9 Å². The summed E-state index contributed by atoms with van der Waals surface area (Å²) in [5, 5.41) is 20.0. The summed E-state index contributed by atoms with van der Waals surface area (Å²) in [6.45, 7) is 0. The Morgan fingerprint density at radius 2 is 1.95 bits per heavy atom. The van der Waals surface area contributed by atoms with Gasteiger partial charge >= 0.3 is 11.7 Å². The third kappa shape index (κ3) is 3.00. The number of rotatable bonds is 4. The Morgan fingerprint density at radius 3 is 2.48 bits per heavy atom. The molecule has 0 spiro atoms. The Kier molecular flexibility index (Phi) is 4.18. The maximum Gasteiger partial charge on any atom is 0.335 e. The minimum absolute atomic E-state index is 0.144. The highest BCUT2D eigenvalue weighted by Crippen LogP contribution is 2.37. The Hall–Kier alpha value is -2.48. The van der Waals surface area contributed by atoms with Crippen LogP contribution in [0.3, 0.4) is 0 Å². The highest BCUT2D eigenvalue weighted by atomic mass is 79.9. The number of aromatic nitrogens is 1. The molecule has 21 heavy (non-hydrogen) atoms. The van der Waals surface area contributed by atoms with Gasteiger partial charge in [0.05, 0.1) is 15.0 Å². The van der Waals surface area contributed by atoms with Crippen LogP contribution in [0.15, 0.2) is 41.1 Å². The molecule has 2 rings (SSSR count). The maximum absolute atomic E-state index is 11.1. The van der Waals surface area contributed by atoms with E-state index in [1.165, 1.54) is 24.5 Å². The van der Waals surface area contributed by atoms with Crippen LogP contribution in [0.1, 0.15) is 10.4 Å². The van der Waals surface area contributed by atoms with E-state index < -0.39 is 10.9 Å². The fraction of sp³-hybridized carbons (Fsp3) is 0.0769. The minimum Gasteiger partial charge on any atom is -0.478 e. The summed E-state index contributed by atoms with van der Waals surface area (Å²) in [5.41, 5.74) is 0.970. The summed E-state index contributed by atoms with van der Waals surface area (Å²) in [6, 6.07) is 6.05. The number of hydrogen-bond acceptors (Lipinski definition) is 5. The van der Waals surface area contributed by atoms with Crippen molar-refractivity contribution in [3.63, 3.8) is 0 Å². The second-order valence-corrected chi connectivity index (χ2v) is 5.01. The van der Waals surface area contributed by atoms with E-state index in [1.54, 1.807) is 24.1 Å². The fourth-order valence-corrected chi connectivity index (χ4v) is 2.43. The first-order valence-corrected chi connectivity index (χ1v) is 6.56. The van der Waals surface area contributed by atoms with Gasteiger partial charge in [-0.1, -0.05) is 0 Å². The first-order chi connectivity index (χ1) is 9.91. The summed E-state index contributed by atoms with van der Waals surface area (Å²) in [5.74, 6) is -1.03. The standard InChI is InChI=1S/C13H10BrN3O4/c1-16(9-4-2-8(3-5-9)13(18)19)12-10(14)6-15-7-11(12)17(20)21/h2-7H,1H3,(H,18,19). The van der Waals surface area contributed by atoms with Crippen LogP contribution in [0.4, 0.5) is 17.1 Å². The molecule has 0 saturated carbocycles. The monoisotopic (exact) mass is 351 g/mol. The van der Waals surface area contributed by atoms with Crippen molar-refractivity contribution in [2.24, 2.45) is 0 Å². The SMILES string of the molecule is CN(c1ccc(C(=O)O)cc1)c1c(Br)cncc1[N+](=O)[O-]. The number of carboxylic acids is 1. The second kappa shape index (κ2) is 5.88. The topological polar surface area (TPSA) is 96.6 Å². The average molecular weight is 352 g/mol. The zero-order valence-corrected chi connectivity index (χ0v) is 12.4. The number of nitrogens with zero attached hydrogens (tertiary/aromatic N) is 3. The molecule has 0 aliphatic heterocycles. The van der Waals surface area contributed by atoms with E-state index in [0.717, 1.165) is 0 Å². The van der Waals surface area contributed by atoms with E-state index in [9.17, 15) is 14.9 Å². The van der Waals surface area contributed by atoms with Crippen LogP contribution in [0, 0.1) is 10.1 Å². The normalized spacial score (nSPS) is 10.2. The Bertz CT molecular complexity index is 703. The van der Waals surface area contributed by atoms with Crippen molar-refractivity contribution in [3.05, 3.63) is 56.8 Å². The maximum atomic E-state index is 11.1. The van der Waals surface area contributed by atoms with Crippen molar-refractivity contribution in [1.82, 2.24) is 4.98 Å². The molecule has 7 nitrogen and oxygen atoms in total. The molecule has 1 N–H and O–H groups in total. The van der Waals surface area contributed by atoms with Crippen molar-refractivity contribution in [1.29, 1.82) is 0 Å². The number of carboxylic acid groups (broad SMARTS) is 1. The Labute approximate surface area is 128 Å². The van der Waals surface area contributed by atoms with Gasteiger partial charge in [0.25, 0.3) is 0 Å². The molecule has 0 saturated heterocycles. The lowest BCUT2D eigenvalue weighted by atomic mass is 10.2. The number of anilines is 2. The number of pyridine rings is 1. The molecule has 2 aromatic rings. The summed E-state index contributed by atoms with van der Waals surface area (Å²) >= 11 is 3.25. The van der Waals surface area contributed by atoms with Crippen LogP contribution in [0.25, 0.3) is 0 Å². The number of carbonyl (C=O) groups is 1. The number of hydrogen-bond donors (Lipinski definition) is 1. The zero-order chi connectivity index (χ0) is 15.6. The van der Waals surface area contributed by atoms with E-state index >= 15 is 0 Å². The van der Waals surface area contributed by atoms with Crippen molar-refractivity contribution in [3.8, 4) is 0 Å². The van der Waals surface area contributed by atoms with Gasteiger partial charge in [0, 0.05) is 18.9 Å². The molecule has 1 heterocycles. The van der Waals surface area contributed by atoms with Gasteiger partial charge in [0.15, 0.2) is 0 Å². The summed E-state index contributed by atoms with van der Waals surface area (Å²) in [7, 11) is 1.66. The molecule has 0 bridgehead atoms. The van der Waals surface area contributed by atoms with Crippen LogP contribution in [-0.2, 0) is 0 Å². The third-order valence-electron chi connectivity index (χ3n) is 2.89. The Morgan fingerprint density at radius 1 is 1.33 bits per heavy atom. The van der Waals surface area contributed by atoms with Crippen LogP contribution in [0.5, 0.6) is 0 Å². The smallest absolute Gasteiger partial charge is 0.335 e. The van der Waals surface area contributed by atoms with Gasteiger partial charge in [0.2, 0.25) is 0 Å². The first-order valence-electron chi connectivity index (χ1n) is 5.77. The van der Waals surface area contributed by atoms with Crippen LogP contribution < -0.4 is 4.90 Å². The van der Waals surface area contributed by atoms with Crippen molar-refractivity contribution in [2.75, 3.05) is 11.9 Å². The summed E-state index contributed by atoms with van der Waals surface area (Å²) in [4.78, 5) is 26.8. The molecule has 108 valence electrons. The molecule has 1 aromatic carbocycles. The first kappa shape index (κ1) is 14.9. The molecule has 0 aliphatic rings. The molecule has 0 aliphatic carbocycles. The predicted octanol–water partition coefficient (Wildman–Crippen LogP) is 3.22. The molecule has 0 amide bonds. The molecule has 1 aromatic heterocycles. The highest BCUT2D eigenvalue weighted by Gasteiger charge is 2.22. The summed E-state index contributed by atoms with van der Waals surface area (Å²) < 4.78 is 0.474. The van der Waals surface area contributed by atoms with Crippen molar-refractivity contribution >= 4 is 39.0 Å².